The molecule has 2 heterocycles. The fourth-order valence-electron chi connectivity index (χ4n) is 2.35. The molecule has 1 amide bonds. The van der Waals surface area contributed by atoms with Gasteiger partial charge in [0, 0.05) is 6.20 Å². The van der Waals surface area contributed by atoms with Crippen LogP contribution in [0.4, 0.5) is 0 Å². The van der Waals surface area contributed by atoms with Crippen LogP contribution in [0.5, 0.6) is 11.5 Å². The fraction of sp³-hybridized carbons (Fsp3) is 0.316. The average Bonchev–Trinajstić information content (AvgIpc) is 2.61. The number of nitrogens with one attached hydrogen (secondary N) is 1. The number of benzene rings is 1. The minimum absolute atomic E-state index is 0.0133. The first kappa shape index (κ1) is 17.0. The second-order valence-corrected chi connectivity index (χ2v) is 6.82. The summed E-state index contributed by atoms with van der Waals surface area (Å²) in [6, 6.07) is 11.3. The number of amides is 1. The first-order valence-electron chi connectivity index (χ1n) is 8.11. The summed E-state index contributed by atoms with van der Waals surface area (Å²) in [6.45, 7) is 6.51. The first-order chi connectivity index (χ1) is 11.9. The zero-order valence-corrected chi connectivity index (χ0v) is 14.5. The maximum atomic E-state index is 12.2. The Morgan fingerprint density at radius 1 is 1.28 bits per heavy atom. The number of nitrogens with zero attached hydrogens (tertiary/aromatic N) is 2. The molecular formula is C19H21N3O3. The quantitative estimate of drug-likeness (QED) is 0.689. The Morgan fingerprint density at radius 3 is 2.84 bits per heavy atom. The highest BCUT2D eigenvalue weighted by atomic mass is 16.6. The number of ether oxygens (including phenoxy) is 2. The van der Waals surface area contributed by atoms with Crippen LogP contribution in [0.3, 0.4) is 0 Å². The molecule has 1 N–H and O–H groups in total. The highest BCUT2D eigenvalue weighted by Gasteiger charge is 2.28. The predicted octanol–water partition coefficient (Wildman–Crippen LogP) is 2.67. The van der Waals surface area contributed by atoms with E-state index < -0.39 is 6.10 Å². The number of pyridine rings is 1. The van der Waals surface area contributed by atoms with E-state index in [2.05, 4.69) is 36.3 Å². The van der Waals surface area contributed by atoms with Gasteiger partial charge in [-0.1, -0.05) is 32.9 Å². The summed E-state index contributed by atoms with van der Waals surface area (Å²) >= 11 is 0. The molecule has 1 aliphatic rings. The minimum atomic E-state index is -0.747. The highest BCUT2D eigenvalue weighted by molar-refractivity contribution is 5.84. The summed E-state index contributed by atoms with van der Waals surface area (Å²) in [6.07, 6.45) is 2.39. The maximum absolute atomic E-state index is 12.2. The van der Waals surface area contributed by atoms with Gasteiger partial charge in [-0.05, 0) is 35.2 Å². The van der Waals surface area contributed by atoms with Crippen LogP contribution in [0.15, 0.2) is 47.7 Å². The molecule has 0 radical (unpaired) electrons. The number of carbonyl (C=O) groups is 1. The third-order valence-electron chi connectivity index (χ3n) is 3.82. The Morgan fingerprint density at radius 2 is 2.12 bits per heavy atom. The monoisotopic (exact) mass is 339 g/mol. The van der Waals surface area contributed by atoms with Crippen LogP contribution < -0.4 is 14.9 Å². The van der Waals surface area contributed by atoms with Gasteiger partial charge in [0.25, 0.3) is 5.91 Å². The molecule has 130 valence electrons. The summed E-state index contributed by atoms with van der Waals surface area (Å²) in [5, 5.41) is 3.91. The summed E-state index contributed by atoms with van der Waals surface area (Å²) in [4.78, 5) is 16.3. The number of fused-ring (bicyclic) bond motifs is 1. The Hall–Kier alpha value is -2.89. The van der Waals surface area contributed by atoms with Gasteiger partial charge in [0.15, 0.2) is 11.5 Å². The van der Waals surface area contributed by atoms with Crippen LogP contribution in [0.25, 0.3) is 0 Å². The normalized spacial score (nSPS) is 16.7. The Balaban J connectivity index is 1.65. The van der Waals surface area contributed by atoms with E-state index in [1.165, 1.54) is 6.21 Å². The standard InChI is InChI=1S/C19H21N3O3/c1-19(2,3)13-7-8-15-16(10-13)25-17(12-24-15)18(23)22-21-11-14-6-4-5-9-20-14/h4-11,17H,12H2,1-3H3,(H,22,23)/b21-11-/t17-/m1/s1. The van der Waals surface area contributed by atoms with Crippen molar-refractivity contribution in [2.45, 2.75) is 32.3 Å². The molecule has 0 saturated carbocycles. The van der Waals surface area contributed by atoms with Gasteiger partial charge in [0.2, 0.25) is 6.10 Å². The van der Waals surface area contributed by atoms with Gasteiger partial charge in [-0.25, -0.2) is 5.43 Å². The highest BCUT2D eigenvalue weighted by Crippen LogP contribution is 2.36. The minimum Gasteiger partial charge on any atom is -0.485 e. The predicted molar refractivity (Wildman–Crippen MR) is 95.0 cm³/mol. The zero-order valence-electron chi connectivity index (χ0n) is 14.5. The number of hydrogen-bond acceptors (Lipinski definition) is 5. The van der Waals surface area contributed by atoms with E-state index in [-0.39, 0.29) is 17.9 Å². The van der Waals surface area contributed by atoms with E-state index in [1.807, 2.05) is 30.3 Å². The molecule has 0 aliphatic carbocycles. The van der Waals surface area contributed by atoms with Crippen LogP contribution in [-0.4, -0.2) is 29.8 Å². The summed E-state index contributed by atoms with van der Waals surface area (Å²) in [5.41, 5.74) is 4.22. The summed E-state index contributed by atoms with van der Waals surface area (Å²) in [7, 11) is 0. The van der Waals surface area contributed by atoms with Crippen molar-refractivity contribution in [1.82, 2.24) is 10.4 Å². The molecule has 0 spiro atoms. The molecule has 0 saturated heterocycles. The van der Waals surface area contributed by atoms with Gasteiger partial charge in [-0.3, -0.25) is 9.78 Å². The number of hydrazone groups is 1. The van der Waals surface area contributed by atoms with Crippen LogP contribution in [0, 0.1) is 0 Å². The van der Waals surface area contributed by atoms with Gasteiger partial charge < -0.3 is 9.47 Å². The van der Waals surface area contributed by atoms with Gasteiger partial charge in [-0.2, -0.15) is 5.10 Å². The fourth-order valence-corrected chi connectivity index (χ4v) is 2.35. The van der Waals surface area contributed by atoms with Crippen molar-refractivity contribution in [3.05, 3.63) is 53.9 Å². The maximum Gasteiger partial charge on any atom is 0.284 e. The van der Waals surface area contributed by atoms with E-state index in [0.717, 1.165) is 5.56 Å². The van der Waals surface area contributed by atoms with Crippen molar-refractivity contribution in [2.75, 3.05) is 6.61 Å². The van der Waals surface area contributed by atoms with Crippen molar-refractivity contribution in [3.8, 4) is 11.5 Å². The Labute approximate surface area is 146 Å². The molecule has 6 heteroatoms. The lowest BCUT2D eigenvalue weighted by atomic mass is 9.87. The third-order valence-corrected chi connectivity index (χ3v) is 3.82. The number of hydrogen-bond donors (Lipinski definition) is 1. The Bertz CT molecular complexity index is 782. The lowest BCUT2D eigenvalue weighted by molar-refractivity contribution is -0.130. The van der Waals surface area contributed by atoms with E-state index in [0.29, 0.717) is 17.2 Å². The molecule has 3 rings (SSSR count). The molecule has 1 aromatic carbocycles. The molecule has 0 bridgehead atoms. The second kappa shape index (κ2) is 6.93. The van der Waals surface area contributed by atoms with Crippen LogP contribution in [0.2, 0.25) is 0 Å². The smallest absolute Gasteiger partial charge is 0.284 e. The largest absolute Gasteiger partial charge is 0.485 e. The van der Waals surface area contributed by atoms with Gasteiger partial charge in [0.05, 0.1) is 11.9 Å². The van der Waals surface area contributed by atoms with Gasteiger partial charge >= 0.3 is 0 Å². The summed E-state index contributed by atoms with van der Waals surface area (Å²) < 4.78 is 11.4. The average molecular weight is 339 g/mol. The van der Waals surface area contributed by atoms with Crippen molar-refractivity contribution in [3.63, 3.8) is 0 Å². The van der Waals surface area contributed by atoms with Crippen LogP contribution in [0.1, 0.15) is 32.0 Å². The topological polar surface area (TPSA) is 72.8 Å². The Kier molecular flexibility index (Phi) is 4.70. The molecule has 25 heavy (non-hydrogen) atoms. The van der Waals surface area contributed by atoms with Crippen molar-refractivity contribution >= 4 is 12.1 Å². The van der Waals surface area contributed by atoms with Crippen LogP contribution in [-0.2, 0) is 10.2 Å². The number of carbonyl (C=O) groups excluding carboxylic acids is 1. The van der Waals surface area contributed by atoms with E-state index >= 15 is 0 Å². The molecule has 0 fully saturated rings. The molecule has 1 aromatic heterocycles. The molecular weight excluding hydrogens is 318 g/mol. The SMILES string of the molecule is CC(C)(C)c1ccc2c(c1)O[C@@H](C(=O)N/N=C\c1ccccn1)CO2. The summed E-state index contributed by atoms with van der Waals surface area (Å²) in [5.74, 6) is 0.862. The first-order valence-corrected chi connectivity index (χ1v) is 8.11. The lowest BCUT2D eigenvalue weighted by Crippen LogP contribution is -2.42. The number of aromatic nitrogens is 1. The lowest BCUT2D eigenvalue weighted by Gasteiger charge is -2.27. The van der Waals surface area contributed by atoms with Crippen molar-refractivity contribution in [2.24, 2.45) is 5.10 Å². The number of rotatable bonds is 3. The second-order valence-electron chi connectivity index (χ2n) is 6.82. The molecule has 1 aliphatic heterocycles. The molecule has 2 aromatic rings. The van der Waals surface area contributed by atoms with E-state index in [1.54, 1.807) is 12.3 Å². The van der Waals surface area contributed by atoms with E-state index in [9.17, 15) is 4.79 Å². The van der Waals surface area contributed by atoms with Gasteiger partial charge in [-0.15, -0.1) is 0 Å². The third kappa shape index (κ3) is 4.15. The molecule has 1 atom stereocenters. The van der Waals surface area contributed by atoms with Crippen molar-refractivity contribution in [1.29, 1.82) is 0 Å². The molecule has 6 nitrogen and oxygen atoms in total. The van der Waals surface area contributed by atoms with Crippen molar-refractivity contribution < 1.29 is 14.3 Å². The van der Waals surface area contributed by atoms with Crippen LogP contribution >= 0.6 is 0 Å². The van der Waals surface area contributed by atoms with E-state index in [4.69, 9.17) is 9.47 Å². The van der Waals surface area contributed by atoms with Gasteiger partial charge in [0.1, 0.15) is 6.61 Å². The zero-order chi connectivity index (χ0) is 17.9. The molecule has 0 unspecified atom stereocenters.